The van der Waals surface area contributed by atoms with E-state index in [2.05, 4.69) is 5.32 Å². The number of carbonyl (C=O) groups is 2. The highest BCUT2D eigenvalue weighted by atomic mass is 32.1. The maximum atomic E-state index is 12.2. The second kappa shape index (κ2) is 7.15. The van der Waals surface area contributed by atoms with Crippen LogP contribution in [0, 0.1) is 17.0 Å². The Balaban J connectivity index is 1.98. The molecule has 0 aliphatic heterocycles. The number of ketones is 1. The van der Waals surface area contributed by atoms with Crippen molar-refractivity contribution in [3.05, 3.63) is 61.3 Å². The van der Waals surface area contributed by atoms with Crippen LogP contribution in [0.25, 0.3) is 0 Å². The lowest BCUT2D eigenvalue weighted by molar-refractivity contribution is -0.385. The average molecular weight is 332 g/mol. The van der Waals surface area contributed by atoms with Crippen molar-refractivity contribution in [2.45, 2.75) is 20.3 Å². The number of nitrogens with one attached hydrogen (secondary N) is 1. The molecule has 0 atom stereocenters. The monoisotopic (exact) mass is 332 g/mol. The summed E-state index contributed by atoms with van der Waals surface area (Å²) in [6, 6.07) is 8.08. The maximum absolute atomic E-state index is 12.2. The normalized spacial score (nSPS) is 10.3. The van der Waals surface area contributed by atoms with Gasteiger partial charge in [-0.1, -0.05) is 6.07 Å². The molecule has 0 radical (unpaired) electrons. The summed E-state index contributed by atoms with van der Waals surface area (Å²) >= 11 is 1.41. The van der Waals surface area contributed by atoms with E-state index in [1.807, 2.05) is 6.07 Å². The first kappa shape index (κ1) is 16.8. The largest absolute Gasteiger partial charge is 0.352 e. The van der Waals surface area contributed by atoms with E-state index in [1.54, 1.807) is 19.1 Å². The molecule has 0 unspecified atom stereocenters. The minimum atomic E-state index is -0.499. The van der Waals surface area contributed by atoms with E-state index in [9.17, 15) is 19.7 Å². The Morgan fingerprint density at radius 2 is 2.00 bits per heavy atom. The van der Waals surface area contributed by atoms with Crippen molar-refractivity contribution in [2.24, 2.45) is 0 Å². The van der Waals surface area contributed by atoms with Crippen LogP contribution in [0.2, 0.25) is 0 Å². The van der Waals surface area contributed by atoms with Crippen molar-refractivity contribution < 1.29 is 14.5 Å². The summed E-state index contributed by atoms with van der Waals surface area (Å²) in [6.07, 6.45) is 0.609. The zero-order valence-corrected chi connectivity index (χ0v) is 13.6. The molecule has 1 amide bonds. The molecule has 2 rings (SSSR count). The Kier molecular flexibility index (Phi) is 5.23. The van der Waals surface area contributed by atoms with Gasteiger partial charge in [-0.2, -0.15) is 0 Å². The van der Waals surface area contributed by atoms with Crippen LogP contribution in [-0.4, -0.2) is 23.2 Å². The Morgan fingerprint density at radius 3 is 2.61 bits per heavy atom. The van der Waals surface area contributed by atoms with Crippen molar-refractivity contribution in [2.75, 3.05) is 6.54 Å². The zero-order chi connectivity index (χ0) is 17.0. The molecule has 6 nitrogen and oxygen atoms in total. The first-order valence-corrected chi connectivity index (χ1v) is 7.83. The fraction of sp³-hybridized carbons (Fsp3) is 0.250. The predicted molar refractivity (Wildman–Crippen MR) is 88.2 cm³/mol. The number of amides is 1. The molecule has 2 aromatic rings. The average Bonchev–Trinajstić information content (AvgIpc) is 2.96. The second-order valence-corrected chi connectivity index (χ2v) is 6.20. The number of nitrogens with zero attached hydrogens (tertiary/aromatic N) is 1. The first-order chi connectivity index (χ1) is 10.9. The molecule has 1 N–H and O–H groups in total. The van der Waals surface area contributed by atoms with Crippen molar-refractivity contribution in [3.8, 4) is 0 Å². The molecule has 1 aromatic heterocycles. The summed E-state index contributed by atoms with van der Waals surface area (Å²) < 4.78 is 0. The molecule has 0 fully saturated rings. The number of rotatable bonds is 6. The third-order valence-electron chi connectivity index (χ3n) is 3.41. The number of nitro benzene ring substituents is 1. The van der Waals surface area contributed by atoms with Crippen molar-refractivity contribution >= 4 is 28.7 Å². The molecule has 0 saturated heterocycles. The lowest BCUT2D eigenvalue weighted by atomic mass is 10.1. The van der Waals surface area contributed by atoms with Crippen LogP contribution in [0.1, 0.15) is 37.4 Å². The van der Waals surface area contributed by atoms with Crippen LogP contribution < -0.4 is 5.32 Å². The lowest BCUT2D eigenvalue weighted by Crippen LogP contribution is -2.26. The molecule has 0 bridgehead atoms. The number of thiophene rings is 1. The van der Waals surface area contributed by atoms with Gasteiger partial charge in [0.05, 0.1) is 9.80 Å². The fourth-order valence-corrected chi connectivity index (χ4v) is 3.07. The topological polar surface area (TPSA) is 89.3 Å². The third kappa shape index (κ3) is 4.01. The van der Waals surface area contributed by atoms with Gasteiger partial charge in [0.25, 0.3) is 11.6 Å². The van der Waals surface area contributed by atoms with Gasteiger partial charge in [0.15, 0.2) is 5.78 Å². The molecule has 1 heterocycles. The van der Waals surface area contributed by atoms with Gasteiger partial charge in [0.2, 0.25) is 0 Å². The zero-order valence-electron chi connectivity index (χ0n) is 12.8. The van der Waals surface area contributed by atoms with Crippen molar-refractivity contribution in [1.82, 2.24) is 5.32 Å². The lowest BCUT2D eigenvalue weighted by Gasteiger charge is -2.07. The number of benzene rings is 1. The summed E-state index contributed by atoms with van der Waals surface area (Å²) in [5, 5.41) is 13.7. The van der Waals surface area contributed by atoms with Crippen LogP contribution in [0.4, 0.5) is 5.69 Å². The minimum Gasteiger partial charge on any atom is -0.352 e. The molecule has 0 saturated carbocycles. The highest BCUT2D eigenvalue weighted by molar-refractivity contribution is 7.14. The van der Waals surface area contributed by atoms with Gasteiger partial charge in [-0.15, -0.1) is 11.3 Å². The number of nitro groups is 1. The van der Waals surface area contributed by atoms with Gasteiger partial charge in [0.1, 0.15) is 0 Å². The van der Waals surface area contributed by atoms with Crippen molar-refractivity contribution in [1.29, 1.82) is 0 Å². The van der Waals surface area contributed by atoms with E-state index < -0.39 is 4.92 Å². The van der Waals surface area contributed by atoms with Crippen molar-refractivity contribution in [3.63, 3.8) is 0 Å². The van der Waals surface area contributed by atoms with Crippen LogP contribution in [0.15, 0.2) is 30.3 Å². The van der Waals surface area contributed by atoms with E-state index in [4.69, 9.17) is 0 Å². The quantitative estimate of drug-likeness (QED) is 0.500. The second-order valence-electron chi connectivity index (χ2n) is 5.03. The molecular formula is C16H16N2O4S. The summed E-state index contributed by atoms with van der Waals surface area (Å²) in [6.45, 7) is 3.48. The van der Waals surface area contributed by atoms with Crippen LogP contribution in [0.3, 0.4) is 0 Å². The molecule has 0 aliphatic rings. The number of hydrogen-bond donors (Lipinski definition) is 1. The van der Waals surface area contributed by atoms with E-state index in [-0.39, 0.29) is 17.4 Å². The minimum absolute atomic E-state index is 0.0255. The van der Waals surface area contributed by atoms with E-state index in [1.165, 1.54) is 30.4 Å². The number of Topliss-reactive ketones (excluding diaryl/α,β-unsaturated/α-hetero) is 1. The summed E-state index contributed by atoms with van der Waals surface area (Å²) in [7, 11) is 0. The highest BCUT2D eigenvalue weighted by Crippen LogP contribution is 2.21. The SMILES string of the molecule is CC(=O)c1ccc(CCNC(=O)c2cccc([N+](=O)[O-])c2C)s1. The molecular weight excluding hydrogens is 316 g/mol. The summed E-state index contributed by atoms with van der Waals surface area (Å²) in [4.78, 5) is 35.5. The summed E-state index contributed by atoms with van der Waals surface area (Å²) in [5.74, 6) is -0.313. The van der Waals surface area contributed by atoms with E-state index >= 15 is 0 Å². The number of carbonyl (C=O) groups excluding carboxylic acids is 2. The molecule has 120 valence electrons. The Morgan fingerprint density at radius 1 is 1.26 bits per heavy atom. The van der Waals surface area contributed by atoms with Crippen LogP contribution in [-0.2, 0) is 6.42 Å². The van der Waals surface area contributed by atoms with Gasteiger partial charge in [-0.25, -0.2) is 0 Å². The van der Waals surface area contributed by atoms with Gasteiger partial charge in [-0.05, 0) is 38.5 Å². The fourth-order valence-electron chi connectivity index (χ4n) is 2.16. The molecule has 23 heavy (non-hydrogen) atoms. The standard InChI is InChI=1S/C16H16N2O4S/c1-10-13(4-3-5-14(10)18(21)22)16(20)17-9-8-12-6-7-15(23-12)11(2)19/h3-7H,8-9H2,1-2H3,(H,17,20). The number of hydrogen-bond acceptors (Lipinski definition) is 5. The highest BCUT2D eigenvalue weighted by Gasteiger charge is 2.17. The van der Waals surface area contributed by atoms with Crippen LogP contribution in [0.5, 0.6) is 0 Å². The smallest absolute Gasteiger partial charge is 0.273 e. The van der Waals surface area contributed by atoms with Gasteiger partial charge in [0, 0.05) is 28.6 Å². The Bertz CT molecular complexity index is 767. The molecule has 0 aliphatic carbocycles. The van der Waals surface area contributed by atoms with Gasteiger partial charge >= 0.3 is 0 Å². The van der Waals surface area contributed by atoms with Gasteiger partial charge in [-0.3, -0.25) is 19.7 Å². The van der Waals surface area contributed by atoms with Gasteiger partial charge < -0.3 is 5.32 Å². The molecule has 0 spiro atoms. The maximum Gasteiger partial charge on any atom is 0.273 e. The summed E-state index contributed by atoms with van der Waals surface area (Å²) in [5.41, 5.74) is 0.585. The first-order valence-electron chi connectivity index (χ1n) is 7.02. The molecule has 7 heteroatoms. The Labute approximate surface area is 137 Å². The van der Waals surface area contributed by atoms with Crippen LogP contribution >= 0.6 is 11.3 Å². The van der Waals surface area contributed by atoms with E-state index in [0.717, 1.165) is 4.88 Å². The molecule has 1 aromatic carbocycles. The third-order valence-corrected chi connectivity index (χ3v) is 4.66. The van der Waals surface area contributed by atoms with E-state index in [0.29, 0.717) is 29.0 Å². The predicted octanol–water partition coefficient (Wildman–Crippen LogP) is 3.14. The Hall–Kier alpha value is -2.54.